The van der Waals surface area contributed by atoms with Crippen LogP contribution in [0.1, 0.15) is 24.2 Å². The topological polar surface area (TPSA) is 34.4 Å². The van der Waals surface area contributed by atoms with Gasteiger partial charge in [-0.3, -0.25) is 0 Å². The third kappa shape index (κ3) is 2.88. The Morgan fingerprint density at radius 2 is 2.18 bits per heavy atom. The summed E-state index contributed by atoms with van der Waals surface area (Å²) in [5.74, 6) is 0.866. The minimum Gasteiger partial charge on any atom is -0.497 e. The standard InChI is InChI=1S/C14H17NO2/c1-11(16)13-6-7-15(10-13)9-12-4-3-5-14(8-12)17-2/h3-8,10-11,16H,9H2,1-2H3. The van der Waals surface area contributed by atoms with Crippen LogP contribution in [0, 0.1) is 0 Å². The van der Waals surface area contributed by atoms with Crippen LogP contribution in [0.15, 0.2) is 42.7 Å². The molecular weight excluding hydrogens is 214 g/mol. The Morgan fingerprint density at radius 1 is 1.35 bits per heavy atom. The second-order valence-corrected chi connectivity index (χ2v) is 4.14. The molecule has 0 bridgehead atoms. The van der Waals surface area contributed by atoms with Gasteiger partial charge in [0.05, 0.1) is 13.2 Å². The van der Waals surface area contributed by atoms with Crippen LogP contribution in [0.25, 0.3) is 0 Å². The fourth-order valence-corrected chi connectivity index (χ4v) is 1.79. The van der Waals surface area contributed by atoms with E-state index < -0.39 is 6.10 Å². The molecule has 0 fully saturated rings. The number of aliphatic hydroxyl groups excluding tert-OH is 1. The number of hydrogen-bond donors (Lipinski definition) is 1. The molecule has 2 rings (SSSR count). The van der Waals surface area contributed by atoms with Crippen LogP contribution in [0.3, 0.4) is 0 Å². The maximum absolute atomic E-state index is 9.45. The molecule has 3 heteroatoms. The van der Waals surface area contributed by atoms with E-state index in [-0.39, 0.29) is 0 Å². The Balaban J connectivity index is 2.13. The van der Waals surface area contributed by atoms with Gasteiger partial charge in [0.1, 0.15) is 5.75 Å². The van der Waals surface area contributed by atoms with Crippen LogP contribution in [-0.2, 0) is 6.54 Å². The summed E-state index contributed by atoms with van der Waals surface area (Å²) in [5.41, 5.74) is 2.12. The summed E-state index contributed by atoms with van der Waals surface area (Å²) in [5, 5.41) is 9.45. The lowest BCUT2D eigenvalue weighted by Gasteiger charge is -2.06. The van der Waals surface area contributed by atoms with Gasteiger partial charge in [0, 0.05) is 18.9 Å². The average Bonchev–Trinajstić information content (AvgIpc) is 2.78. The first-order valence-electron chi connectivity index (χ1n) is 5.65. The van der Waals surface area contributed by atoms with Crippen LogP contribution in [-0.4, -0.2) is 16.8 Å². The molecule has 90 valence electrons. The molecule has 3 nitrogen and oxygen atoms in total. The molecule has 0 radical (unpaired) electrons. The number of ether oxygens (including phenoxy) is 1. The Kier molecular flexibility index (Phi) is 3.49. The molecule has 0 aliphatic heterocycles. The third-order valence-electron chi connectivity index (χ3n) is 2.76. The van der Waals surface area contributed by atoms with Crippen molar-refractivity contribution in [2.45, 2.75) is 19.6 Å². The Bertz CT molecular complexity index is 488. The highest BCUT2D eigenvalue weighted by atomic mass is 16.5. The van der Waals surface area contributed by atoms with Crippen LogP contribution < -0.4 is 4.74 Å². The van der Waals surface area contributed by atoms with E-state index >= 15 is 0 Å². The summed E-state index contributed by atoms with van der Waals surface area (Å²) in [6.45, 7) is 2.55. The average molecular weight is 231 g/mol. The maximum atomic E-state index is 9.45. The SMILES string of the molecule is COc1cccc(Cn2ccc(C(C)O)c2)c1. The maximum Gasteiger partial charge on any atom is 0.119 e. The molecule has 0 saturated carbocycles. The fraction of sp³-hybridized carbons (Fsp3) is 0.286. The van der Waals surface area contributed by atoms with E-state index in [0.717, 1.165) is 17.9 Å². The minimum atomic E-state index is -0.415. The molecule has 0 saturated heterocycles. The lowest BCUT2D eigenvalue weighted by atomic mass is 10.2. The molecule has 1 unspecified atom stereocenters. The van der Waals surface area contributed by atoms with Gasteiger partial charge in [-0.05, 0) is 36.2 Å². The highest BCUT2D eigenvalue weighted by Crippen LogP contribution is 2.16. The van der Waals surface area contributed by atoms with E-state index in [1.54, 1.807) is 14.0 Å². The molecule has 1 atom stereocenters. The molecule has 0 spiro atoms. The number of benzene rings is 1. The molecule has 1 aromatic heterocycles. The van der Waals surface area contributed by atoms with Gasteiger partial charge in [-0.15, -0.1) is 0 Å². The smallest absolute Gasteiger partial charge is 0.119 e. The Hall–Kier alpha value is -1.74. The monoisotopic (exact) mass is 231 g/mol. The highest BCUT2D eigenvalue weighted by molar-refractivity contribution is 5.29. The van der Waals surface area contributed by atoms with Crippen LogP contribution >= 0.6 is 0 Å². The van der Waals surface area contributed by atoms with Gasteiger partial charge in [0.25, 0.3) is 0 Å². The third-order valence-corrected chi connectivity index (χ3v) is 2.76. The molecule has 1 aromatic carbocycles. The lowest BCUT2D eigenvalue weighted by molar-refractivity contribution is 0.199. The fourth-order valence-electron chi connectivity index (χ4n) is 1.79. The summed E-state index contributed by atoms with van der Waals surface area (Å²) in [6.07, 6.45) is 3.52. The van der Waals surface area contributed by atoms with Gasteiger partial charge >= 0.3 is 0 Å². The largest absolute Gasteiger partial charge is 0.497 e. The van der Waals surface area contributed by atoms with Crippen molar-refractivity contribution in [3.63, 3.8) is 0 Å². The van der Waals surface area contributed by atoms with E-state index in [1.807, 2.05) is 36.7 Å². The van der Waals surface area contributed by atoms with Crippen LogP contribution in [0.2, 0.25) is 0 Å². The number of nitrogens with zero attached hydrogens (tertiary/aromatic N) is 1. The molecular formula is C14H17NO2. The van der Waals surface area contributed by atoms with Crippen molar-refractivity contribution in [1.82, 2.24) is 4.57 Å². The molecule has 0 aliphatic rings. The minimum absolute atomic E-state index is 0.415. The molecule has 1 heterocycles. The van der Waals surface area contributed by atoms with Gasteiger partial charge in [-0.1, -0.05) is 12.1 Å². The summed E-state index contributed by atoms with van der Waals surface area (Å²) in [6, 6.07) is 9.92. The van der Waals surface area contributed by atoms with Crippen LogP contribution in [0.4, 0.5) is 0 Å². The van der Waals surface area contributed by atoms with Gasteiger partial charge < -0.3 is 14.4 Å². The molecule has 0 amide bonds. The second-order valence-electron chi connectivity index (χ2n) is 4.14. The number of hydrogen-bond acceptors (Lipinski definition) is 2. The van der Waals surface area contributed by atoms with Crippen molar-refractivity contribution in [3.05, 3.63) is 53.9 Å². The number of aliphatic hydroxyl groups is 1. The van der Waals surface area contributed by atoms with Gasteiger partial charge in [-0.25, -0.2) is 0 Å². The Morgan fingerprint density at radius 3 is 2.82 bits per heavy atom. The normalized spacial score (nSPS) is 12.4. The van der Waals surface area contributed by atoms with Gasteiger partial charge in [0.2, 0.25) is 0 Å². The van der Waals surface area contributed by atoms with Crippen molar-refractivity contribution >= 4 is 0 Å². The predicted molar refractivity (Wildman–Crippen MR) is 67.2 cm³/mol. The van der Waals surface area contributed by atoms with Crippen molar-refractivity contribution in [2.24, 2.45) is 0 Å². The zero-order valence-corrected chi connectivity index (χ0v) is 10.1. The number of rotatable bonds is 4. The second kappa shape index (κ2) is 5.06. The predicted octanol–water partition coefficient (Wildman–Crippen LogP) is 2.60. The first kappa shape index (κ1) is 11.7. The van der Waals surface area contributed by atoms with E-state index in [4.69, 9.17) is 4.74 Å². The van der Waals surface area contributed by atoms with Crippen molar-refractivity contribution in [2.75, 3.05) is 7.11 Å². The van der Waals surface area contributed by atoms with Crippen molar-refractivity contribution in [3.8, 4) is 5.75 Å². The van der Waals surface area contributed by atoms with E-state index in [9.17, 15) is 5.11 Å². The summed E-state index contributed by atoms with van der Waals surface area (Å²) in [7, 11) is 1.67. The summed E-state index contributed by atoms with van der Waals surface area (Å²) in [4.78, 5) is 0. The molecule has 1 N–H and O–H groups in total. The first-order chi connectivity index (χ1) is 8.19. The zero-order valence-electron chi connectivity index (χ0n) is 10.1. The quantitative estimate of drug-likeness (QED) is 0.877. The van der Waals surface area contributed by atoms with E-state index in [0.29, 0.717) is 0 Å². The van der Waals surface area contributed by atoms with Crippen molar-refractivity contribution in [1.29, 1.82) is 0 Å². The molecule has 2 aromatic rings. The summed E-state index contributed by atoms with van der Waals surface area (Å²) >= 11 is 0. The van der Waals surface area contributed by atoms with E-state index in [1.165, 1.54) is 5.56 Å². The van der Waals surface area contributed by atoms with Gasteiger partial charge in [-0.2, -0.15) is 0 Å². The van der Waals surface area contributed by atoms with Gasteiger partial charge in [0.15, 0.2) is 0 Å². The molecule has 17 heavy (non-hydrogen) atoms. The first-order valence-corrected chi connectivity index (χ1v) is 5.65. The molecule has 0 aliphatic carbocycles. The number of methoxy groups -OCH3 is 1. The van der Waals surface area contributed by atoms with Crippen LogP contribution in [0.5, 0.6) is 5.75 Å². The zero-order chi connectivity index (χ0) is 12.3. The summed E-state index contributed by atoms with van der Waals surface area (Å²) < 4.78 is 7.24. The number of aromatic nitrogens is 1. The van der Waals surface area contributed by atoms with Crippen molar-refractivity contribution < 1.29 is 9.84 Å². The lowest BCUT2D eigenvalue weighted by Crippen LogP contribution is -1.97. The highest BCUT2D eigenvalue weighted by Gasteiger charge is 2.03. The Labute approximate surface area is 101 Å². The van der Waals surface area contributed by atoms with E-state index in [2.05, 4.69) is 10.6 Å².